The summed E-state index contributed by atoms with van der Waals surface area (Å²) in [5, 5.41) is 21.4. The lowest BCUT2D eigenvalue weighted by molar-refractivity contribution is 0.406. The van der Waals surface area contributed by atoms with E-state index in [1.807, 2.05) is 6.92 Å². The molecule has 2 heteroatoms. The lowest BCUT2D eigenvalue weighted by Crippen LogP contribution is -2.17. The van der Waals surface area contributed by atoms with E-state index in [9.17, 15) is 10.2 Å². The van der Waals surface area contributed by atoms with Crippen molar-refractivity contribution in [2.75, 3.05) is 0 Å². The van der Waals surface area contributed by atoms with Crippen molar-refractivity contribution in [1.29, 1.82) is 0 Å². The number of rotatable bonds is 8. The smallest absolute Gasteiger partial charge is 0.123 e. The fourth-order valence-electron chi connectivity index (χ4n) is 3.84. The highest BCUT2D eigenvalue weighted by Crippen LogP contribution is 2.46. The van der Waals surface area contributed by atoms with Crippen LogP contribution in [0, 0.1) is 5.92 Å². The van der Waals surface area contributed by atoms with Crippen molar-refractivity contribution in [3.05, 3.63) is 47.1 Å². The van der Waals surface area contributed by atoms with Gasteiger partial charge in [-0.3, -0.25) is 0 Å². The molecular weight excluding hydrogens is 308 g/mol. The van der Waals surface area contributed by atoms with Crippen LogP contribution in [0.5, 0.6) is 11.5 Å². The van der Waals surface area contributed by atoms with E-state index in [1.54, 1.807) is 18.2 Å². The topological polar surface area (TPSA) is 40.5 Å². The molecule has 0 saturated heterocycles. The molecule has 0 spiro atoms. The molecule has 2 atom stereocenters. The number of aromatic hydroxyl groups is 2. The highest BCUT2D eigenvalue weighted by molar-refractivity contribution is 5.51. The Bertz CT molecular complexity index is 696. The number of phenolic OH excluding ortho intramolecular Hbond substituents is 2. The van der Waals surface area contributed by atoms with Crippen LogP contribution in [0.15, 0.2) is 35.9 Å². The molecule has 0 amide bonds. The van der Waals surface area contributed by atoms with Gasteiger partial charge in [0.2, 0.25) is 0 Å². The summed E-state index contributed by atoms with van der Waals surface area (Å²) in [4.78, 5) is 0. The number of phenols is 2. The molecule has 2 nitrogen and oxygen atoms in total. The Kier molecular flexibility index (Phi) is 5.67. The van der Waals surface area contributed by atoms with Crippen LogP contribution in [0.1, 0.15) is 86.8 Å². The number of aryl methyl sites for hydroxylation is 1. The van der Waals surface area contributed by atoms with E-state index in [4.69, 9.17) is 4.11 Å². The summed E-state index contributed by atoms with van der Waals surface area (Å²) in [5.41, 5.74) is 2.67. The molecule has 2 rings (SSSR count). The molecule has 0 aliphatic heterocycles. The first-order valence-corrected chi connectivity index (χ1v) is 9.56. The number of hydrogen-bond acceptors (Lipinski definition) is 2. The maximum absolute atomic E-state index is 10.7. The van der Waals surface area contributed by atoms with Crippen molar-refractivity contribution >= 4 is 0 Å². The summed E-state index contributed by atoms with van der Waals surface area (Å²) in [5.74, 6) is -0.284. The Labute approximate surface area is 157 Å². The number of allylic oxidation sites excluding steroid dienone is 3. The molecule has 0 fully saturated rings. The van der Waals surface area contributed by atoms with Gasteiger partial charge in [0.05, 0.1) is 0 Å². The average molecular weight is 346 g/mol. The van der Waals surface area contributed by atoms with Gasteiger partial charge in [-0.1, -0.05) is 56.4 Å². The van der Waals surface area contributed by atoms with Crippen LogP contribution in [0.25, 0.3) is 0 Å². The van der Waals surface area contributed by atoms with E-state index in [1.165, 1.54) is 19.3 Å². The van der Waals surface area contributed by atoms with Crippen LogP contribution in [0.4, 0.5) is 0 Å². The van der Waals surface area contributed by atoms with Crippen molar-refractivity contribution in [2.24, 2.45) is 5.92 Å². The third-order valence-electron chi connectivity index (χ3n) is 5.27. The quantitative estimate of drug-likeness (QED) is 0.410. The fraction of sp³-hybridized carbons (Fsp3) is 0.565. The van der Waals surface area contributed by atoms with Crippen molar-refractivity contribution in [2.45, 2.75) is 78.0 Å². The zero-order chi connectivity index (χ0) is 20.9. The number of unbranched alkanes of at least 4 members (excludes halogenated alkanes) is 4. The van der Waals surface area contributed by atoms with Crippen molar-refractivity contribution in [1.82, 2.24) is 0 Å². The molecule has 0 radical (unpaired) electrons. The standard InChI is InChI=1S/C23H34O2/c1-5-6-7-8-9-10-18-14-21(24)23(22(25)15-18)20-13-17(4)11-12-19(20)16(2)3/h13-15,19-20,24-25H,2,5-12H2,1,3-4H3/i4D3. The molecule has 1 aliphatic carbocycles. The summed E-state index contributed by atoms with van der Waals surface area (Å²) < 4.78 is 23.2. The van der Waals surface area contributed by atoms with Gasteiger partial charge in [-0.2, -0.15) is 0 Å². The van der Waals surface area contributed by atoms with Crippen LogP contribution in [-0.2, 0) is 6.42 Å². The summed E-state index contributed by atoms with van der Waals surface area (Å²) in [6.07, 6.45) is 9.49. The van der Waals surface area contributed by atoms with Gasteiger partial charge in [0, 0.05) is 15.6 Å². The lowest BCUT2D eigenvalue weighted by atomic mass is 9.73. The van der Waals surface area contributed by atoms with Gasteiger partial charge in [0.25, 0.3) is 0 Å². The lowest BCUT2D eigenvalue weighted by Gasteiger charge is -2.31. The molecular formula is C23H34O2. The van der Waals surface area contributed by atoms with E-state index in [-0.39, 0.29) is 23.3 Å². The molecule has 0 heterocycles. The van der Waals surface area contributed by atoms with E-state index in [0.717, 1.165) is 30.4 Å². The molecule has 0 aromatic heterocycles. The van der Waals surface area contributed by atoms with Crippen LogP contribution in [-0.4, -0.2) is 10.2 Å². The molecule has 0 bridgehead atoms. The summed E-state index contributed by atoms with van der Waals surface area (Å²) >= 11 is 0. The highest BCUT2D eigenvalue weighted by Gasteiger charge is 2.30. The van der Waals surface area contributed by atoms with Crippen LogP contribution in [0.2, 0.25) is 0 Å². The van der Waals surface area contributed by atoms with Gasteiger partial charge in [0.1, 0.15) is 11.5 Å². The van der Waals surface area contributed by atoms with Crippen molar-refractivity contribution < 1.29 is 14.3 Å². The second-order valence-electron chi connectivity index (χ2n) is 7.42. The van der Waals surface area contributed by atoms with Gasteiger partial charge in [-0.15, -0.1) is 0 Å². The first-order valence-electron chi connectivity index (χ1n) is 11.1. The largest absolute Gasteiger partial charge is 0.507 e. The number of benzene rings is 1. The predicted molar refractivity (Wildman–Crippen MR) is 106 cm³/mol. The maximum atomic E-state index is 10.7. The first-order chi connectivity index (χ1) is 13.1. The molecule has 1 aliphatic rings. The van der Waals surface area contributed by atoms with Crippen LogP contribution < -0.4 is 0 Å². The zero-order valence-corrected chi connectivity index (χ0v) is 15.6. The molecule has 2 N–H and O–H groups in total. The van der Waals surface area contributed by atoms with Crippen molar-refractivity contribution in [3.8, 4) is 11.5 Å². The van der Waals surface area contributed by atoms with E-state index >= 15 is 0 Å². The van der Waals surface area contributed by atoms with E-state index in [0.29, 0.717) is 24.0 Å². The summed E-state index contributed by atoms with van der Waals surface area (Å²) in [6, 6.07) is 3.45. The van der Waals surface area contributed by atoms with Gasteiger partial charge in [-0.25, -0.2) is 0 Å². The molecule has 1 aromatic rings. The SMILES string of the molecule is [2H]C([2H])([2H])C1=CC(c2c(O)cc(CCCCCCC)cc2O)C(C(=C)C)CC1. The third-order valence-corrected chi connectivity index (χ3v) is 5.27. The van der Waals surface area contributed by atoms with E-state index < -0.39 is 6.85 Å². The minimum absolute atomic E-state index is 0.00259. The molecule has 2 unspecified atom stereocenters. The summed E-state index contributed by atoms with van der Waals surface area (Å²) in [6.45, 7) is 6.01. The minimum atomic E-state index is -2.15. The molecule has 0 saturated carbocycles. The molecule has 1 aromatic carbocycles. The highest BCUT2D eigenvalue weighted by atomic mass is 16.3. The maximum Gasteiger partial charge on any atom is 0.123 e. The summed E-state index contributed by atoms with van der Waals surface area (Å²) in [7, 11) is 0. The van der Waals surface area contributed by atoms with Gasteiger partial charge < -0.3 is 10.2 Å². The molecule has 25 heavy (non-hydrogen) atoms. The average Bonchev–Trinajstić information content (AvgIpc) is 2.60. The minimum Gasteiger partial charge on any atom is -0.507 e. The normalized spacial score (nSPS) is 22.6. The second-order valence-corrected chi connectivity index (χ2v) is 7.42. The Morgan fingerprint density at radius 1 is 1.20 bits per heavy atom. The van der Waals surface area contributed by atoms with Crippen molar-refractivity contribution in [3.63, 3.8) is 0 Å². The zero-order valence-electron chi connectivity index (χ0n) is 18.6. The number of hydrogen-bond donors (Lipinski definition) is 2. The second kappa shape index (κ2) is 9.12. The first kappa shape index (κ1) is 15.5. The predicted octanol–water partition coefficient (Wildman–Crippen LogP) is 6.63. The Morgan fingerprint density at radius 3 is 2.48 bits per heavy atom. The monoisotopic (exact) mass is 345 g/mol. The molecule has 138 valence electrons. The van der Waals surface area contributed by atoms with Crippen LogP contribution in [0.3, 0.4) is 0 Å². The fourth-order valence-corrected chi connectivity index (χ4v) is 3.84. The third kappa shape index (κ3) is 5.14. The van der Waals surface area contributed by atoms with Gasteiger partial charge in [0.15, 0.2) is 0 Å². The van der Waals surface area contributed by atoms with Gasteiger partial charge >= 0.3 is 0 Å². The Balaban J connectivity index is 2.29. The Morgan fingerprint density at radius 2 is 1.88 bits per heavy atom. The van der Waals surface area contributed by atoms with E-state index in [2.05, 4.69) is 13.5 Å². The van der Waals surface area contributed by atoms with Crippen LogP contribution >= 0.6 is 0 Å². The Hall–Kier alpha value is -1.70. The van der Waals surface area contributed by atoms with Gasteiger partial charge in [-0.05, 0) is 63.1 Å².